The zero-order valence-electron chi connectivity index (χ0n) is 10.4. The molecule has 0 aliphatic rings. The number of hydrogen-bond donors (Lipinski definition) is 1. The lowest BCUT2D eigenvalue weighted by Crippen LogP contribution is -1.78. The van der Waals surface area contributed by atoms with Gasteiger partial charge in [-0.1, -0.05) is 30.3 Å². The van der Waals surface area contributed by atoms with Crippen LogP contribution in [0.4, 0.5) is 0 Å². The number of carboxylic acids is 1. The molecule has 19 heavy (non-hydrogen) atoms. The molecule has 0 fully saturated rings. The fourth-order valence-electron chi connectivity index (χ4n) is 1.58. The molecule has 0 bridgehead atoms. The van der Waals surface area contributed by atoms with Crippen LogP contribution in [-0.4, -0.2) is 16.1 Å². The highest BCUT2D eigenvalue weighted by molar-refractivity contribution is 5.75. The minimum Gasteiger partial charge on any atom is -0.481 e. The quantitative estimate of drug-likeness (QED) is 0.721. The van der Waals surface area contributed by atoms with E-state index in [1.165, 1.54) is 0 Å². The molecule has 96 valence electrons. The van der Waals surface area contributed by atoms with Crippen molar-refractivity contribution in [1.82, 2.24) is 4.98 Å². The number of carboxylic acid groups (broad SMARTS) is 1. The number of para-hydroxylation sites is 2. The smallest absolute Gasteiger partial charge is 0.300 e. The molecule has 1 heterocycles. The average Bonchev–Trinajstić information content (AvgIpc) is 2.83. The predicted molar refractivity (Wildman–Crippen MR) is 72.8 cm³/mol. The van der Waals surface area contributed by atoms with Crippen LogP contribution in [0, 0.1) is 0 Å². The molecule has 0 amide bonds. The van der Waals surface area contributed by atoms with E-state index < -0.39 is 5.97 Å². The zero-order valence-corrected chi connectivity index (χ0v) is 10.4. The summed E-state index contributed by atoms with van der Waals surface area (Å²) in [6.07, 6.45) is 0. The van der Waals surface area contributed by atoms with Gasteiger partial charge in [-0.3, -0.25) is 4.79 Å². The van der Waals surface area contributed by atoms with Crippen molar-refractivity contribution in [3.05, 3.63) is 54.6 Å². The van der Waals surface area contributed by atoms with E-state index in [9.17, 15) is 0 Å². The number of oxazole rings is 1. The SMILES string of the molecule is CC(=O)O.c1ccc(-c2nc3ccccc3o2)cc1. The summed E-state index contributed by atoms with van der Waals surface area (Å²) in [6.45, 7) is 1.08. The first-order valence-corrected chi connectivity index (χ1v) is 5.77. The highest BCUT2D eigenvalue weighted by Crippen LogP contribution is 2.23. The largest absolute Gasteiger partial charge is 0.481 e. The molecule has 2 aromatic carbocycles. The average molecular weight is 255 g/mol. The number of hydrogen-bond acceptors (Lipinski definition) is 3. The highest BCUT2D eigenvalue weighted by atomic mass is 16.4. The van der Waals surface area contributed by atoms with Gasteiger partial charge in [-0.15, -0.1) is 0 Å². The minimum atomic E-state index is -0.833. The summed E-state index contributed by atoms with van der Waals surface area (Å²) >= 11 is 0. The molecule has 0 saturated heterocycles. The zero-order chi connectivity index (χ0) is 13.7. The third-order valence-electron chi connectivity index (χ3n) is 2.31. The molecule has 1 N–H and O–H groups in total. The van der Waals surface area contributed by atoms with E-state index >= 15 is 0 Å². The van der Waals surface area contributed by atoms with Gasteiger partial charge in [0.05, 0.1) is 0 Å². The van der Waals surface area contributed by atoms with Crippen molar-refractivity contribution in [2.24, 2.45) is 0 Å². The lowest BCUT2D eigenvalue weighted by atomic mass is 10.2. The maximum Gasteiger partial charge on any atom is 0.300 e. The van der Waals surface area contributed by atoms with Crippen molar-refractivity contribution in [3.63, 3.8) is 0 Å². The van der Waals surface area contributed by atoms with Gasteiger partial charge >= 0.3 is 0 Å². The number of nitrogens with zero attached hydrogens (tertiary/aromatic N) is 1. The monoisotopic (exact) mass is 255 g/mol. The standard InChI is InChI=1S/C13H9NO.C2H4O2/c1-2-6-10(7-3-1)13-14-11-8-4-5-9-12(11)15-13;1-2(3)4/h1-9H;1H3,(H,3,4). The van der Waals surface area contributed by atoms with Crippen molar-refractivity contribution in [1.29, 1.82) is 0 Å². The first kappa shape index (κ1) is 12.8. The maximum absolute atomic E-state index is 9.00. The lowest BCUT2D eigenvalue weighted by molar-refractivity contribution is -0.134. The number of carbonyl (C=O) groups is 1. The molecule has 0 saturated carbocycles. The Morgan fingerprint density at radius 3 is 2.26 bits per heavy atom. The molecule has 0 unspecified atom stereocenters. The Kier molecular flexibility index (Phi) is 3.93. The van der Waals surface area contributed by atoms with E-state index in [-0.39, 0.29) is 0 Å². The van der Waals surface area contributed by atoms with Gasteiger partial charge in [0.1, 0.15) is 5.52 Å². The second kappa shape index (κ2) is 5.82. The Hall–Kier alpha value is -2.62. The van der Waals surface area contributed by atoms with E-state index in [1.54, 1.807) is 0 Å². The van der Waals surface area contributed by atoms with Crippen LogP contribution in [0.25, 0.3) is 22.6 Å². The van der Waals surface area contributed by atoms with Crippen LogP contribution in [0.3, 0.4) is 0 Å². The summed E-state index contributed by atoms with van der Waals surface area (Å²) in [5.41, 5.74) is 2.74. The Morgan fingerprint density at radius 1 is 1.05 bits per heavy atom. The summed E-state index contributed by atoms with van der Waals surface area (Å²) in [7, 11) is 0. The van der Waals surface area contributed by atoms with Crippen molar-refractivity contribution in [2.45, 2.75) is 6.92 Å². The number of rotatable bonds is 1. The molecule has 3 aromatic rings. The van der Waals surface area contributed by atoms with E-state index in [2.05, 4.69) is 4.98 Å². The molecule has 0 aliphatic carbocycles. The first-order chi connectivity index (χ1) is 9.16. The summed E-state index contributed by atoms with van der Waals surface area (Å²) in [6, 6.07) is 17.7. The van der Waals surface area contributed by atoms with E-state index in [1.807, 2.05) is 54.6 Å². The first-order valence-electron chi connectivity index (χ1n) is 5.77. The Balaban J connectivity index is 0.000000297. The van der Waals surface area contributed by atoms with E-state index in [4.69, 9.17) is 14.3 Å². The Labute approximate surface area is 110 Å². The van der Waals surface area contributed by atoms with E-state index in [0.29, 0.717) is 5.89 Å². The maximum atomic E-state index is 9.00. The Morgan fingerprint density at radius 2 is 1.63 bits per heavy atom. The number of aromatic nitrogens is 1. The van der Waals surface area contributed by atoms with Gasteiger partial charge in [-0.2, -0.15) is 0 Å². The predicted octanol–water partition coefficient (Wildman–Crippen LogP) is 3.59. The van der Waals surface area contributed by atoms with Gasteiger partial charge in [-0.25, -0.2) is 4.98 Å². The van der Waals surface area contributed by atoms with Crippen LogP contribution in [0.15, 0.2) is 59.0 Å². The fourth-order valence-corrected chi connectivity index (χ4v) is 1.58. The Bertz CT molecular complexity index is 637. The fraction of sp³-hybridized carbons (Fsp3) is 0.0667. The molecule has 4 nitrogen and oxygen atoms in total. The molecular formula is C15H13NO3. The van der Waals surface area contributed by atoms with Crippen LogP contribution in [0.1, 0.15) is 6.92 Å². The highest BCUT2D eigenvalue weighted by Gasteiger charge is 2.05. The van der Waals surface area contributed by atoms with Gasteiger partial charge in [0.25, 0.3) is 5.97 Å². The normalized spacial score (nSPS) is 9.74. The minimum absolute atomic E-state index is 0.678. The van der Waals surface area contributed by atoms with Crippen molar-refractivity contribution in [3.8, 4) is 11.5 Å². The summed E-state index contributed by atoms with van der Waals surface area (Å²) in [4.78, 5) is 13.4. The number of benzene rings is 2. The lowest BCUT2D eigenvalue weighted by Gasteiger charge is -1.91. The topological polar surface area (TPSA) is 63.3 Å². The van der Waals surface area contributed by atoms with Gasteiger partial charge in [0.15, 0.2) is 5.58 Å². The van der Waals surface area contributed by atoms with Crippen molar-refractivity contribution in [2.75, 3.05) is 0 Å². The van der Waals surface area contributed by atoms with Crippen molar-refractivity contribution < 1.29 is 14.3 Å². The summed E-state index contributed by atoms with van der Waals surface area (Å²) in [5, 5.41) is 7.42. The number of fused-ring (bicyclic) bond motifs is 1. The molecule has 4 heteroatoms. The van der Waals surface area contributed by atoms with Crippen LogP contribution in [0.5, 0.6) is 0 Å². The molecule has 0 radical (unpaired) electrons. The third-order valence-corrected chi connectivity index (χ3v) is 2.31. The molecule has 1 aromatic heterocycles. The molecule has 0 atom stereocenters. The van der Waals surface area contributed by atoms with E-state index in [0.717, 1.165) is 23.6 Å². The number of aliphatic carboxylic acids is 1. The van der Waals surface area contributed by atoms with Crippen LogP contribution >= 0.6 is 0 Å². The molecule has 3 rings (SSSR count). The van der Waals surface area contributed by atoms with Gasteiger partial charge in [0.2, 0.25) is 5.89 Å². The van der Waals surface area contributed by atoms with Crippen molar-refractivity contribution >= 4 is 17.1 Å². The molecular weight excluding hydrogens is 242 g/mol. The second-order valence-electron chi connectivity index (χ2n) is 3.87. The van der Waals surface area contributed by atoms with Crippen LogP contribution < -0.4 is 0 Å². The van der Waals surface area contributed by atoms with Gasteiger partial charge < -0.3 is 9.52 Å². The van der Waals surface area contributed by atoms with Gasteiger partial charge in [0, 0.05) is 12.5 Å². The third kappa shape index (κ3) is 3.42. The van der Waals surface area contributed by atoms with Gasteiger partial charge in [-0.05, 0) is 24.3 Å². The molecule has 0 aliphatic heterocycles. The van der Waals surface area contributed by atoms with Crippen LogP contribution in [0.2, 0.25) is 0 Å². The van der Waals surface area contributed by atoms with Crippen LogP contribution in [-0.2, 0) is 4.79 Å². The second-order valence-corrected chi connectivity index (χ2v) is 3.87. The summed E-state index contributed by atoms with van der Waals surface area (Å²) < 4.78 is 5.64. The molecule has 0 spiro atoms. The summed E-state index contributed by atoms with van der Waals surface area (Å²) in [5.74, 6) is -0.156.